The molecule has 0 radical (unpaired) electrons. The highest BCUT2D eigenvalue weighted by molar-refractivity contribution is 7.47. The largest absolute Gasteiger partial charge is 0.464 e. The maximum atomic E-state index is 7.01. The molecule has 0 saturated carbocycles. The van der Waals surface area contributed by atoms with Gasteiger partial charge < -0.3 is 14.0 Å². The SMILES string of the molecule is CCCN(CCC)P(N)OCCC1Oc2c(ccc3ccccc23)C(c2ccccc2)(c2ccccc2)O1. The zero-order chi connectivity index (χ0) is 26.4. The van der Waals surface area contributed by atoms with Gasteiger partial charge >= 0.3 is 0 Å². The average Bonchev–Trinajstić information content (AvgIpc) is 2.97. The first-order chi connectivity index (χ1) is 18.7. The Labute approximate surface area is 227 Å². The second-order valence-corrected chi connectivity index (χ2v) is 11.0. The molecule has 0 fully saturated rings. The molecule has 38 heavy (non-hydrogen) atoms. The predicted octanol–water partition coefficient (Wildman–Crippen LogP) is 7.58. The van der Waals surface area contributed by atoms with Crippen molar-refractivity contribution in [1.82, 2.24) is 4.67 Å². The van der Waals surface area contributed by atoms with Crippen LogP contribution in [0.4, 0.5) is 0 Å². The summed E-state index contributed by atoms with van der Waals surface area (Å²) < 4.78 is 22.1. The van der Waals surface area contributed by atoms with Crippen LogP contribution in [0, 0.1) is 0 Å². The summed E-state index contributed by atoms with van der Waals surface area (Å²) >= 11 is 0. The van der Waals surface area contributed by atoms with Gasteiger partial charge in [0, 0.05) is 30.5 Å². The van der Waals surface area contributed by atoms with Crippen LogP contribution in [0.3, 0.4) is 0 Å². The van der Waals surface area contributed by atoms with Crippen molar-refractivity contribution in [3.63, 3.8) is 0 Å². The van der Waals surface area contributed by atoms with Crippen LogP contribution in [0.1, 0.15) is 49.8 Å². The molecule has 0 spiro atoms. The molecule has 5 nitrogen and oxygen atoms in total. The molecule has 0 bridgehead atoms. The summed E-state index contributed by atoms with van der Waals surface area (Å²) in [5.74, 6) is 0.862. The van der Waals surface area contributed by atoms with Crippen LogP contribution in [0.2, 0.25) is 0 Å². The molecule has 5 rings (SSSR count). The van der Waals surface area contributed by atoms with Crippen molar-refractivity contribution in [3.8, 4) is 5.75 Å². The van der Waals surface area contributed by atoms with Gasteiger partial charge in [0.25, 0.3) is 0 Å². The molecule has 198 valence electrons. The molecule has 2 N–H and O–H groups in total. The van der Waals surface area contributed by atoms with Crippen molar-refractivity contribution in [2.75, 3.05) is 19.7 Å². The van der Waals surface area contributed by atoms with Gasteiger partial charge in [0.2, 0.25) is 6.29 Å². The summed E-state index contributed by atoms with van der Waals surface area (Å²) in [7, 11) is -1.15. The van der Waals surface area contributed by atoms with E-state index >= 15 is 0 Å². The van der Waals surface area contributed by atoms with Crippen LogP contribution in [0.5, 0.6) is 5.75 Å². The average molecular weight is 529 g/mol. The predicted molar refractivity (Wildman–Crippen MR) is 156 cm³/mol. The Morgan fingerprint density at radius 2 is 1.42 bits per heavy atom. The van der Waals surface area contributed by atoms with Gasteiger partial charge in [-0.1, -0.05) is 111 Å². The van der Waals surface area contributed by atoms with Crippen LogP contribution in [0.15, 0.2) is 97.1 Å². The number of nitrogens with two attached hydrogens (primary N) is 1. The number of rotatable bonds is 11. The van der Waals surface area contributed by atoms with Crippen molar-refractivity contribution in [2.24, 2.45) is 5.50 Å². The fraction of sp³-hybridized carbons (Fsp3) is 0.312. The van der Waals surface area contributed by atoms with Gasteiger partial charge in [-0.15, -0.1) is 0 Å². The van der Waals surface area contributed by atoms with E-state index in [4.69, 9.17) is 19.5 Å². The first-order valence-electron chi connectivity index (χ1n) is 13.6. The normalized spacial score (nSPS) is 17.2. The molecular formula is C32H37N2O3P. The van der Waals surface area contributed by atoms with Gasteiger partial charge in [0.15, 0.2) is 14.1 Å². The van der Waals surface area contributed by atoms with Crippen LogP contribution in [-0.2, 0) is 14.9 Å². The topological polar surface area (TPSA) is 57.0 Å². The van der Waals surface area contributed by atoms with Gasteiger partial charge in [-0.3, -0.25) is 5.50 Å². The van der Waals surface area contributed by atoms with Crippen LogP contribution >= 0.6 is 8.45 Å². The molecule has 1 heterocycles. The Balaban J connectivity index is 1.53. The van der Waals surface area contributed by atoms with Gasteiger partial charge in [-0.2, -0.15) is 0 Å². The Kier molecular flexibility index (Phi) is 8.73. The molecule has 4 aromatic carbocycles. The third kappa shape index (κ3) is 5.36. The highest BCUT2D eigenvalue weighted by Gasteiger charge is 2.46. The van der Waals surface area contributed by atoms with Crippen molar-refractivity contribution >= 4 is 19.2 Å². The maximum absolute atomic E-state index is 7.01. The molecule has 2 atom stereocenters. The molecule has 0 saturated heterocycles. The number of hydrogen-bond acceptors (Lipinski definition) is 5. The summed E-state index contributed by atoms with van der Waals surface area (Å²) in [6, 6.07) is 33.6. The van der Waals surface area contributed by atoms with Crippen LogP contribution in [0.25, 0.3) is 10.8 Å². The third-order valence-corrected chi connectivity index (χ3v) is 8.40. The minimum atomic E-state index is -1.15. The van der Waals surface area contributed by atoms with Crippen LogP contribution < -0.4 is 10.2 Å². The Bertz CT molecular complexity index is 1270. The molecule has 0 amide bonds. The van der Waals surface area contributed by atoms with Crippen molar-refractivity contribution in [3.05, 3.63) is 114 Å². The molecule has 1 aliphatic rings. The Hall–Kier alpha value is -2.79. The quantitative estimate of drug-likeness (QED) is 0.203. The fourth-order valence-corrected chi connectivity index (χ4v) is 6.54. The number of benzene rings is 4. The van der Waals surface area contributed by atoms with E-state index in [0.717, 1.165) is 59.1 Å². The summed E-state index contributed by atoms with van der Waals surface area (Å²) in [5.41, 5.74) is 8.79. The first kappa shape index (κ1) is 26.8. The second kappa shape index (κ2) is 12.4. The van der Waals surface area contributed by atoms with E-state index in [-0.39, 0.29) is 0 Å². The van der Waals surface area contributed by atoms with Crippen molar-refractivity contribution in [1.29, 1.82) is 0 Å². The van der Waals surface area contributed by atoms with E-state index in [2.05, 4.69) is 103 Å². The molecule has 6 heteroatoms. The zero-order valence-corrected chi connectivity index (χ0v) is 23.1. The highest BCUT2D eigenvalue weighted by atomic mass is 31.2. The molecular weight excluding hydrogens is 491 g/mol. The summed E-state index contributed by atoms with van der Waals surface area (Å²) in [6.07, 6.45) is 2.15. The minimum absolute atomic E-state index is 0.455. The first-order valence-corrected chi connectivity index (χ1v) is 14.9. The Morgan fingerprint density at radius 1 is 0.816 bits per heavy atom. The number of fused-ring (bicyclic) bond motifs is 3. The Morgan fingerprint density at radius 3 is 2.05 bits per heavy atom. The molecule has 0 aliphatic carbocycles. The lowest BCUT2D eigenvalue weighted by Gasteiger charge is -2.44. The fourth-order valence-electron chi connectivity index (χ4n) is 5.29. The van der Waals surface area contributed by atoms with E-state index in [9.17, 15) is 0 Å². The number of nitrogens with zero attached hydrogens (tertiary/aromatic N) is 1. The van der Waals surface area contributed by atoms with E-state index in [1.807, 2.05) is 12.1 Å². The second-order valence-electron chi connectivity index (χ2n) is 9.62. The van der Waals surface area contributed by atoms with Gasteiger partial charge in [-0.25, -0.2) is 4.67 Å². The van der Waals surface area contributed by atoms with Crippen LogP contribution in [-0.4, -0.2) is 30.7 Å². The minimum Gasteiger partial charge on any atom is -0.464 e. The van der Waals surface area contributed by atoms with Gasteiger partial charge in [0.05, 0.1) is 6.61 Å². The molecule has 4 aromatic rings. The van der Waals surface area contributed by atoms with Crippen molar-refractivity contribution < 1.29 is 14.0 Å². The number of ether oxygens (including phenoxy) is 2. The maximum Gasteiger partial charge on any atom is 0.203 e. The number of hydrogen-bond donors (Lipinski definition) is 1. The molecule has 1 aliphatic heterocycles. The lowest BCUT2D eigenvalue weighted by atomic mass is 9.78. The lowest BCUT2D eigenvalue weighted by Crippen LogP contribution is -2.43. The van der Waals surface area contributed by atoms with Gasteiger partial charge in [-0.05, 0) is 29.4 Å². The summed E-state index contributed by atoms with van der Waals surface area (Å²) in [6.45, 7) is 6.68. The lowest BCUT2D eigenvalue weighted by molar-refractivity contribution is -0.167. The monoisotopic (exact) mass is 528 g/mol. The summed E-state index contributed by atoms with van der Waals surface area (Å²) in [4.78, 5) is 0. The molecule has 2 unspecified atom stereocenters. The van der Waals surface area contributed by atoms with E-state index in [1.165, 1.54) is 0 Å². The standard InChI is InChI=1S/C32H37N2O3P/c1-3-22-34(23-4-2)38(33)35-24-21-30-36-31-28-18-12-11-13-25(28)19-20-29(31)32(37-30,26-14-7-5-8-15-26)27-16-9-6-10-17-27/h5-20,30H,3-4,21-24,33H2,1-2H3. The zero-order valence-electron chi connectivity index (χ0n) is 22.3. The van der Waals surface area contributed by atoms with Gasteiger partial charge in [0.1, 0.15) is 5.75 Å². The third-order valence-electron chi connectivity index (χ3n) is 7.00. The smallest absolute Gasteiger partial charge is 0.203 e. The van der Waals surface area contributed by atoms with E-state index in [0.29, 0.717) is 13.0 Å². The van der Waals surface area contributed by atoms with E-state index < -0.39 is 20.3 Å². The highest BCUT2D eigenvalue weighted by Crippen LogP contribution is 2.51. The summed E-state index contributed by atoms with van der Waals surface area (Å²) in [5, 5.41) is 2.21. The molecule has 0 aromatic heterocycles. The van der Waals surface area contributed by atoms with Crippen molar-refractivity contribution in [2.45, 2.75) is 45.0 Å². The van der Waals surface area contributed by atoms with E-state index in [1.54, 1.807) is 0 Å².